The Morgan fingerprint density at radius 3 is 2.59 bits per heavy atom. The summed E-state index contributed by atoms with van der Waals surface area (Å²) in [7, 11) is 0. The van der Waals surface area contributed by atoms with Crippen molar-refractivity contribution in [1.29, 1.82) is 5.26 Å². The first-order valence-corrected chi connectivity index (χ1v) is 11.7. The van der Waals surface area contributed by atoms with E-state index in [1.165, 1.54) is 18.4 Å². The summed E-state index contributed by atoms with van der Waals surface area (Å²) in [5.41, 5.74) is 8.97. The van der Waals surface area contributed by atoms with Gasteiger partial charge in [-0.3, -0.25) is 4.79 Å². The van der Waals surface area contributed by atoms with E-state index in [1.54, 1.807) is 18.3 Å². The molecular weight excluding hydrogens is 426 g/mol. The summed E-state index contributed by atoms with van der Waals surface area (Å²) in [4.78, 5) is 27.3. The zero-order valence-corrected chi connectivity index (χ0v) is 18.9. The van der Waals surface area contributed by atoms with E-state index in [2.05, 4.69) is 39.5 Å². The molecule has 8 heteroatoms. The summed E-state index contributed by atoms with van der Waals surface area (Å²) in [5.74, 6) is 2.97. The van der Waals surface area contributed by atoms with Crippen molar-refractivity contribution in [3.63, 3.8) is 0 Å². The lowest BCUT2D eigenvalue weighted by atomic mass is 9.93. The number of piperidine rings is 1. The van der Waals surface area contributed by atoms with Crippen LogP contribution in [0.2, 0.25) is 0 Å². The number of carbonyl (C=O) groups excluding carboxylic acids is 1. The number of anilines is 3. The first-order chi connectivity index (χ1) is 16.6. The van der Waals surface area contributed by atoms with E-state index in [-0.39, 0.29) is 5.91 Å². The number of nitriles is 1. The van der Waals surface area contributed by atoms with Crippen LogP contribution in [0.3, 0.4) is 0 Å². The predicted octanol–water partition coefficient (Wildman–Crippen LogP) is 4.12. The number of hydrogen-bond acceptors (Lipinski definition) is 7. The zero-order valence-electron chi connectivity index (χ0n) is 18.9. The molecule has 2 aliphatic rings. The molecule has 4 heterocycles. The van der Waals surface area contributed by atoms with Gasteiger partial charge in [-0.15, -0.1) is 0 Å². The second kappa shape index (κ2) is 9.48. The third-order valence-electron chi connectivity index (χ3n) is 6.51. The number of pyridine rings is 3. The van der Waals surface area contributed by atoms with E-state index >= 15 is 0 Å². The van der Waals surface area contributed by atoms with E-state index in [4.69, 9.17) is 21.0 Å². The maximum atomic E-state index is 11.2. The van der Waals surface area contributed by atoms with Crippen LogP contribution in [0.1, 0.15) is 49.1 Å². The molecule has 1 amide bonds. The minimum absolute atomic E-state index is 0.218. The van der Waals surface area contributed by atoms with Crippen molar-refractivity contribution in [2.24, 2.45) is 11.7 Å². The molecule has 0 spiro atoms. The van der Waals surface area contributed by atoms with Crippen LogP contribution in [0, 0.1) is 17.2 Å². The quantitative estimate of drug-likeness (QED) is 0.552. The number of nitrogens with zero attached hydrogens (tertiary/aromatic N) is 5. The monoisotopic (exact) mass is 453 g/mol. The smallest absolute Gasteiger partial charge is 0.217 e. The van der Waals surface area contributed by atoms with Crippen molar-refractivity contribution < 1.29 is 4.79 Å². The van der Waals surface area contributed by atoms with Crippen molar-refractivity contribution in [3.05, 3.63) is 59.9 Å². The summed E-state index contributed by atoms with van der Waals surface area (Å²) in [5, 5.41) is 12.4. The van der Waals surface area contributed by atoms with Gasteiger partial charge in [0.05, 0.1) is 17.3 Å². The highest BCUT2D eigenvalue weighted by molar-refractivity contribution is 5.74. The highest BCUT2D eigenvalue weighted by atomic mass is 16.1. The van der Waals surface area contributed by atoms with Crippen molar-refractivity contribution in [1.82, 2.24) is 15.0 Å². The molecule has 1 saturated heterocycles. The summed E-state index contributed by atoms with van der Waals surface area (Å²) in [6.45, 7) is 1.76. The Labute approximate surface area is 198 Å². The summed E-state index contributed by atoms with van der Waals surface area (Å²) < 4.78 is 0. The lowest BCUT2D eigenvalue weighted by molar-refractivity contribution is -0.119. The molecule has 0 bridgehead atoms. The number of nitrogens with two attached hydrogens (primary N) is 1. The second-order valence-electron chi connectivity index (χ2n) is 9.12. The maximum Gasteiger partial charge on any atom is 0.217 e. The average Bonchev–Trinajstić information content (AvgIpc) is 3.70. The highest BCUT2D eigenvalue weighted by Gasteiger charge is 2.25. The molecule has 0 unspecified atom stereocenters. The van der Waals surface area contributed by atoms with E-state index in [1.807, 2.05) is 12.3 Å². The van der Waals surface area contributed by atoms with Gasteiger partial charge < -0.3 is 16.0 Å². The van der Waals surface area contributed by atoms with Crippen LogP contribution in [0.5, 0.6) is 0 Å². The summed E-state index contributed by atoms with van der Waals surface area (Å²) >= 11 is 0. The van der Waals surface area contributed by atoms with E-state index in [0.29, 0.717) is 35.5 Å². The SMILES string of the molecule is N#Cc1ccnc(Nc2cc(C3CC3)cc(-c3ccc(N4CCC(CC(N)=O)CC4)nc3)n2)c1. The molecular formula is C26H27N7O. The summed E-state index contributed by atoms with van der Waals surface area (Å²) in [6, 6.07) is 13.9. The number of carbonyl (C=O) groups is 1. The van der Waals surface area contributed by atoms with E-state index < -0.39 is 0 Å². The molecule has 172 valence electrons. The van der Waals surface area contributed by atoms with Gasteiger partial charge in [-0.2, -0.15) is 5.26 Å². The molecule has 2 fully saturated rings. The van der Waals surface area contributed by atoms with Crippen LogP contribution < -0.4 is 16.0 Å². The molecule has 8 nitrogen and oxygen atoms in total. The van der Waals surface area contributed by atoms with Gasteiger partial charge in [-0.05, 0) is 79.5 Å². The lowest BCUT2D eigenvalue weighted by Crippen LogP contribution is -2.35. The van der Waals surface area contributed by atoms with Gasteiger partial charge in [0, 0.05) is 37.5 Å². The Kier molecular flexibility index (Phi) is 6.09. The molecule has 3 aromatic rings. The Morgan fingerprint density at radius 2 is 1.91 bits per heavy atom. The van der Waals surface area contributed by atoms with Gasteiger partial charge in [-0.25, -0.2) is 15.0 Å². The molecule has 1 aliphatic heterocycles. The standard InChI is InChI=1S/C26H27N7O/c27-15-18-5-8-29-24(12-18)32-25-14-21(19-1-2-19)13-22(31-25)20-3-4-26(30-16-20)33-9-6-17(7-10-33)11-23(28)34/h3-5,8,12-14,16-17,19H,1-2,6-7,9-11H2,(H2,28,34)(H,29,31,32). The number of amides is 1. The number of rotatable bonds is 7. The largest absolute Gasteiger partial charge is 0.370 e. The maximum absolute atomic E-state index is 11.2. The van der Waals surface area contributed by atoms with Crippen LogP contribution >= 0.6 is 0 Å². The third-order valence-corrected chi connectivity index (χ3v) is 6.51. The average molecular weight is 454 g/mol. The van der Waals surface area contributed by atoms with Gasteiger partial charge in [0.25, 0.3) is 0 Å². The fourth-order valence-electron chi connectivity index (χ4n) is 4.49. The molecule has 5 rings (SSSR count). The molecule has 1 aliphatic carbocycles. The molecule has 1 saturated carbocycles. The number of primary amides is 1. The first kappa shape index (κ1) is 21.8. The zero-order chi connectivity index (χ0) is 23.5. The molecule has 3 N–H and O–H groups in total. The van der Waals surface area contributed by atoms with E-state index in [0.717, 1.165) is 43.0 Å². The molecule has 34 heavy (non-hydrogen) atoms. The predicted molar refractivity (Wildman–Crippen MR) is 130 cm³/mol. The number of nitrogens with one attached hydrogen (secondary N) is 1. The van der Waals surface area contributed by atoms with Crippen LogP contribution in [0.15, 0.2) is 48.8 Å². The van der Waals surface area contributed by atoms with Crippen LogP contribution in [0.4, 0.5) is 17.5 Å². The van der Waals surface area contributed by atoms with Gasteiger partial charge >= 0.3 is 0 Å². The number of hydrogen-bond donors (Lipinski definition) is 2. The molecule has 0 atom stereocenters. The second-order valence-corrected chi connectivity index (χ2v) is 9.12. The Balaban J connectivity index is 1.34. The molecule has 3 aromatic heterocycles. The van der Waals surface area contributed by atoms with Crippen LogP contribution in [-0.4, -0.2) is 33.9 Å². The van der Waals surface area contributed by atoms with E-state index in [9.17, 15) is 4.79 Å². The normalized spacial score (nSPS) is 16.1. The fraction of sp³-hybridized carbons (Fsp3) is 0.346. The Morgan fingerprint density at radius 1 is 1.09 bits per heavy atom. The van der Waals surface area contributed by atoms with Gasteiger partial charge in [0.15, 0.2) is 0 Å². The Hall–Kier alpha value is -3.99. The lowest BCUT2D eigenvalue weighted by Gasteiger charge is -2.32. The first-order valence-electron chi connectivity index (χ1n) is 11.7. The van der Waals surface area contributed by atoms with Crippen molar-refractivity contribution >= 4 is 23.4 Å². The summed E-state index contributed by atoms with van der Waals surface area (Å²) in [6.07, 6.45) is 8.24. The topological polar surface area (TPSA) is 121 Å². The minimum Gasteiger partial charge on any atom is -0.370 e. The number of aromatic nitrogens is 3. The van der Waals surface area contributed by atoms with Crippen LogP contribution in [-0.2, 0) is 4.79 Å². The fourth-order valence-corrected chi connectivity index (χ4v) is 4.49. The minimum atomic E-state index is -0.218. The van der Waals surface area contributed by atoms with Gasteiger partial charge in [-0.1, -0.05) is 0 Å². The Bertz CT molecular complexity index is 1220. The third kappa shape index (κ3) is 5.15. The van der Waals surface area contributed by atoms with Crippen LogP contribution in [0.25, 0.3) is 11.3 Å². The van der Waals surface area contributed by atoms with Gasteiger partial charge in [0.1, 0.15) is 17.5 Å². The highest BCUT2D eigenvalue weighted by Crippen LogP contribution is 2.42. The molecule has 0 aromatic carbocycles. The molecule has 0 radical (unpaired) electrons. The van der Waals surface area contributed by atoms with Crippen molar-refractivity contribution in [2.45, 2.75) is 38.0 Å². The van der Waals surface area contributed by atoms with Crippen molar-refractivity contribution in [2.75, 3.05) is 23.3 Å². The van der Waals surface area contributed by atoms with Crippen molar-refractivity contribution in [3.8, 4) is 17.3 Å². The van der Waals surface area contributed by atoms with Gasteiger partial charge in [0.2, 0.25) is 5.91 Å².